The van der Waals surface area contributed by atoms with Crippen molar-refractivity contribution < 1.29 is 9.18 Å². The average molecular weight is 183 g/mol. The lowest BCUT2D eigenvalue weighted by atomic mass is 9.95. The second-order valence-electron chi connectivity index (χ2n) is 3.48. The molecule has 0 N–H and O–H groups in total. The van der Waals surface area contributed by atoms with E-state index in [-0.39, 0.29) is 17.7 Å². The molecule has 72 valence electrons. The summed E-state index contributed by atoms with van der Waals surface area (Å²) in [6.45, 7) is 1.68. The molecule has 0 heterocycles. The Labute approximate surface area is 77.7 Å². The fraction of sp³-hybridized carbons (Fsp3) is 0.500. The Morgan fingerprint density at radius 2 is 2.23 bits per heavy atom. The zero-order valence-electron chi connectivity index (χ0n) is 8.17. The van der Waals surface area contributed by atoms with Gasteiger partial charge in [-0.2, -0.15) is 0 Å². The molecule has 1 unspecified atom stereocenters. The van der Waals surface area contributed by atoms with Crippen LogP contribution in [0.3, 0.4) is 0 Å². The molecule has 3 heteroatoms. The third kappa shape index (κ3) is 2.17. The monoisotopic (exact) mass is 183 g/mol. The summed E-state index contributed by atoms with van der Waals surface area (Å²) >= 11 is 0. The summed E-state index contributed by atoms with van der Waals surface area (Å²) in [5.74, 6) is -0.361. The molecule has 0 bridgehead atoms. The van der Waals surface area contributed by atoms with E-state index < -0.39 is 0 Å². The molecule has 0 aromatic carbocycles. The summed E-state index contributed by atoms with van der Waals surface area (Å²) in [6.07, 6.45) is 3.64. The summed E-state index contributed by atoms with van der Waals surface area (Å²) in [6, 6.07) is 0. The number of halogens is 1. The van der Waals surface area contributed by atoms with E-state index in [4.69, 9.17) is 0 Å². The lowest BCUT2D eigenvalue weighted by Crippen LogP contribution is -2.29. The van der Waals surface area contributed by atoms with Gasteiger partial charge in [-0.3, -0.25) is 4.79 Å². The number of rotatable bonds is 1. The molecule has 1 rings (SSSR count). The molecular weight excluding hydrogens is 169 g/mol. The fourth-order valence-corrected chi connectivity index (χ4v) is 1.34. The zero-order chi connectivity index (χ0) is 10.0. The van der Waals surface area contributed by atoms with E-state index in [0.717, 1.165) is 0 Å². The molecule has 1 aliphatic rings. The second kappa shape index (κ2) is 3.73. The molecule has 0 saturated heterocycles. The summed E-state index contributed by atoms with van der Waals surface area (Å²) in [5.41, 5.74) is 0.562. The van der Waals surface area contributed by atoms with Crippen LogP contribution in [0.5, 0.6) is 0 Å². The first-order valence-electron chi connectivity index (χ1n) is 4.28. The van der Waals surface area contributed by atoms with Crippen LogP contribution in [0.1, 0.15) is 13.3 Å². The number of nitrogens with zero attached hydrogens (tertiary/aromatic N) is 1. The maximum atomic E-state index is 12.9. The van der Waals surface area contributed by atoms with Crippen molar-refractivity contribution in [2.24, 2.45) is 5.92 Å². The fourth-order valence-electron chi connectivity index (χ4n) is 1.34. The first-order valence-corrected chi connectivity index (χ1v) is 4.28. The number of carbonyl (C=O) groups is 1. The van der Waals surface area contributed by atoms with E-state index in [9.17, 15) is 9.18 Å². The summed E-state index contributed by atoms with van der Waals surface area (Å²) in [5, 5.41) is 0. The highest BCUT2D eigenvalue weighted by Gasteiger charge is 2.20. The summed E-state index contributed by atoms with van der Waals surface area (Å²) in [4.78, 5) is 13.0. The Kier molecular flexibility index (Phi) is 2.86. The van der Waals surface area contributed by atoms with Crippen LogP contribution in [0, 0.1) is 5.92 Å². The van der Waals surface area contributed by atoms with Gasteiger partial charge < -0.3 is 4.90 Å². The van der Waals surface area contributed by atoms with E-state index in [0.29, 0.717) is 12.0 Å². The minimum atomic E-state index is -0.206. The Hall–Kier alpha value is -1.12. The third-order valence-electron chi connectivity index (χ3n) is 2.14. The van der Waals surface area contributed by atoms with Crippen molar-refractivity contribution in [2.45, 2.75) is 13.3 Å². The molecule has 0 saturated carbocycles. The highest BCUT2D eigenvalue weighted by Crippen LogP contribution is 2.24. The van der Waals surface area contributed by atoms with Crippen LogP contribution in [0.25, 0.3) is 0 Å². The number of carbonyl (C=O) groups excluding carboxylic acids is 1. The van der Waals surface area contributed by atoms with Crippen molar-refractivity contribution in [1.82, 2.24) is 4.90 Å². The van der Waals surface area contributed by atoms with Gasteiger partial charge in [-0.1, -0.05) is 6.08 Å². The number of hydrogen-bond donors (Lipinski definition) is 0. The van der Waals surface area contributed by atoms with E-state index >= 15 is 0 Å². The number of hydrogen-bond acceptors (Lipinski definition) is 1. The van der Waals surface area contributed by atoms with E-state index in [1.54, 1.807) is 27.1 Å². The largest absolute Gasteiger partial charge is 0.348 e. The van der Waals surface area contributed by atoms with Gasteiger partial charge in [0.15, 0.2) is 0 Å². The smallest absolute Gasteiger partial charge is 0.229 e. The minimum absolute atomic E-state index is 0.0306. The van der Waals surface area contributed by atoms with Crippen molar-refractivity contribution in [2.75, 3.05) is 14.1 Å². The first-order chi connectivity index (χ1) is 6.02. The topological polar surface area (TPSA) is 20.3 Å². The SMILES string of the molecule is CC1=CC(C(=O)N(C)C)CC=C1F. The van der Waals surface area contributed by atoms with Crippen LogP contribution in [0.4, 0.5) is 4.39 Å². The Morgan fingerprint density at radius 3 is 2.69 bits per heavy atom. The summed E-state index contributed by atoms with van der Waals surface area (Å²) < 4.78 is 12.9. The molecule has 0 aliphatic heterocycles. The predicted octanol–water partition coefficient (Wildman–Crippen LogP) is 1.89. The van der Waals surface area contributed by atoms with Crippen molar-refractivity contribution in [3.8, 4) is 0 Å². The molecule has 0 aromatic heterocycles. The van der Waals surface area contributed by atoms with Crippen molar-refractivity contribution in [3.05, 3.63) is 23.6 Å². The van der Waals surface area contributed by atoms with Crippen LogP contribution in [0.2, 0.25) is 0 Å². The molecular formula is C10H14FNO. The Bertz CT molecular complexity index is 279. The minimum Gasteiger partial charge on any atom is -0.348 e. The van der Waals surface area contributed by atoms with Gasteiger partial charge in [0, 0.05) is 14.1 Å². The molecule has 2 nitrogen and oxygen atoms in total. The quantitative estimate of drug-likeness (QED) is 0.608. The van der Waals surface area contributed by atoms with Crippen molar-refractivity contribution in [1.29, 1.82) is 0 Å². The van der Waals surface area contributed by atoms with E-state index in [1.807, 2.05) is 0 Å². The standard InChI is InChI=1S/C10H14FNO/c1-7-6-8(4-5-9(7)11)10(13)12(2)3/h5-6,8H,4H2,1-3H3. The molecule has 1 atom stereocenters. The van der Waals surface area contributed by atoms with Gasteiger partial charge in [-0.25, -0.2) is 4.39 Å². The average Bonchev–Trinajstić information content (AvgIpc) is 2.08. The van der Waals surface area contributed by atoms with E-state index in [2.05, 4.69) is 0 Å². The molecule has 13 heavy (non-hydrogen) atoms. The lowest BCUT2D eigenvalue weighted by Gasteiger charge is -2.19. The highest BCUT2D eigenvalue weighted by molar-refractivity contribution is 5.80. The third-order valence-corrected chi connectivity index (χ3v) is 2.14. The van der Waals surface area contributed by atoms with Gasteiger partial charge in [-0.05, 0) is 25.0 Å². The molecule has 0 radical (unpaired) electrons. The van der Waals surface area contributed by atoms with Gasteiger partial charge in [0.25, 0.3) is 0 Å². The Balaban J connectivity index is 2.74. The van der Waals surface area contributed by atoms with Gasteiger partial charge in [0.2, 0.25) is 5.91 Å². The molecule has 0 aromatic rings. The van der Waals surface area contributed by atoms with Crippen LogP contribution in [0.15, 0.2) is 23.6 Å². The Morgan fingerprint density at radius 1 is 1.62 bits per heavy atom. The zero-order valence-corrected chi connectivity index (χ0v) is 8.17. The van der Waals surface area contributed by atoms with Crippen LogP contribution in [-0.4, -0.2) is 24.9 Å². The maximum Gasteiger partial charge on any atom is 0.229 e. The van der Waals surface area contributed by atoms with Crippen LogP contribution < -0.4 is 0 Å². The van der Waals surface area contributed by atoms with Crippen molar-refractivity contribution >= 4 is 5.91 Å². The second-order valence-corrected chi connectivity index (χ2v) is 3.48. The maximum absolute atomic E-state index is 12.9. The van der Waals surface area contributed by atoms with Crippen LogP contribution in [-0.2, 0) is 4.79 Å². The normalized spacial score (nSPS) is 22.0. The van der Waals surface area contributed by atoms with Gasteiger partial charge in [-0.15, -0.1) is 0 Å². The number of amides is 1. The molecule has 0 fully saturated rings. The van der Waals surface area contributed by atoms with E-state index in [1.165, 1.54) is 11.0 Å². The lowest BCUT2D eigenvalue weighted by molar-refractivity contribution is -0.131. The van der Waals surface area contributed by atoms with Crippen molar-refractivity contribution in [3.63, 3.8) is 0 Å². The highest BCUT2D eigenvalue weighted by atomic mass is 19.1. The molecule has 0 spiro atoms. The first kappa shape index (κ1) is 9.96. The van der Waals surface area contributed by atoms with Crippen LogP contribution >= 0.6 is 0 Å². The number of allylic oxidation sites excluding steroid dienone is 3. The van der Waals surface area contributed by atoms with Gasteiger partial charge >= 0.3 is 0 Å². The summed E-state index contributed by atoms with van der Waals surface area (Å²) in [7, 11) is 3.42. The molecule has 1 aliphatic carbocycles. The van der Waals surface area contributed by atoms with Gasteiger partial charge in [0.05, 0.1) is 5.92 Å². The predicted molar refractivity (Wildman–Crippen MR) is 49.7 cm³/mol. The molecule has 1 amide bonds. The van der Waals surface area contributed by atoms with Gasteiger partial charge in [0.1, 0.15) is 5.83 Å².